The van der Waals surface area contributed by atoms with Gasteiger partial charge in [-0.3, -0.25) is 4.79 Å². The molecule has 0 saturated carbocycles. The number of carbonyl (C=O) groups is 1. The number of hydrogen-bond donors (Lipinski definition) is 0. The second-order valence-corrected chi connectivity index (χ2v) is 10.5. The Bertz CT molecular complexity index is 1210. The van der Waals surface area contributed by atoms with E-state index in [2.05, 4.69) is 71.2 Å². The molecule has 0 spiro atoms. The molecule has 0 fully saturated rings. The van der Waals surface area contributed by atoms with Crippen LogP contribution in [-0.2, 0) is 6.42 Å². The van der Waals surface area contributed by atoms with E-state index in [0.29, 0.717) is 23.6 Å². The highest BCUT2D eigenvalue weighted by Crippen LogP contribution is 2.33. The number of rotatable bonds is 8. The number of furan rings is 1. The average molecular weight is 701 g/mol. The van der Waals surface area contributed by atoms with Crippen molar-refractivity contribution in [3.63, 3.8) is 0 Å². The van der Waals surface area contributed by atoms with Gasteiger partial charge >= 0.3 is 0 Å². The lowest BCUT2D eigenvalue weighted by atomic mass is 9.98. The van der Waals surface area contributed by atoms with E-state index in [9.17, 15) is 4.79 Å². The molecule has 0 saturated heterocycles. The van der Waals surface area contributed by atoms with Crippen LogP contribution in [0.3, 0.4) is 0 Å². The molecule has 0 amide bonds. The molecule has 4 aromatic rings. The molecule has 178 valence electrons. The SMILES string of the molecule is CCCCc1oc2ccccc2c1C(=O)c1cc(I)c(OCCCl)c(I)c1.Cc1ccccc1. The second-order valence-electron chi connectivity index (χ2n) is 7.79. The zero-order valence-corrected chi connectivity index (χ0v) is 24.3. The molecule has 1 aromatic heterocycles. The van der Waals surface area contributed by atoms with Gasteiger partial charge in [0.2, 0.25) is 0 Å². The van der Waals surface area contributed by atoms with Crippen molar-refractivity contribution in [3.8, 4) is 5.75 Å². The molecule has 0 aliphatic carbocycles. The number of ether oxygens (including phenoxy) is 1. The maximum atomic E-state index is 13.4. The number of alkyl halides is 1. The Morgan fingerprint density at radius 2 is 1.65 bits per heavy atom. The molecule has 1 heterocycles. The second kappa shape index (κ2) is 13.5. The van der Waals surface area contributed by atoms with Gasteiger partial charge in [0.05, 0.1) is 18.6 Å². The molecule has 0 radical (unpaired) electrons. The monoisotopic (exact) mass is 700 g/mol. The van der Waals surface area contributed by atoms with E-state index in [4.69, 9.17) is 20.8 Å². The molecular formula is C28H27ClI2O3. The Balaban J connectivity index is 0.000000396. The minimum atomic E-state index is -0.00854. The number of carbonyl (C=O) groups excluding carboxylic acids is 1. The quantitative estimate of drug-likeness (QED) is 0.105. The normalized spacial score (nSPS) is 10.6. The molecule has 6 heteroatoms. The van der Waals surface area contributed by atoms with E-state index in [-0.39, 0.29) is 5.78 Å². The first-order valence-corrected chi connectivity index (χ1v) is 13.9. The first-order chi connectivity index (χ1) is 16.5. The lowest BCUT2D eigenvalue weighted by Gasteiger charge is -2.11. The van der Waals surface area contributed by atoms with Crippen molar-refractivity contribution < 1.29 is 13.9 Å². The Kier molecular flexibility index (Phi) is 10.7. The lowest BCUT2D eigenvalue weighted by molar-refractivity contribution is 0.103. The summed E-state index contributed by atoms with van der Waals surface area (Å²) in [6, 6.07) is 21.7. The van der Waals surface area contributed by atoms with Crippen LogP contribution in [0.2, 0.25) is 0 Å². The third kappa shape index (κ3) is 6.98. The predicted octanol–water partition coefficient (Wildman–Crippen LogP) is 8.83. The van der Waals surface area contributed by atoms with Crippen molar-refractivity contribution in [2.24, 2.45) is 0 Å². The minimum Gasteiger partial charge on any atom is -0.490 e. The smallest absolute Gasteiger partial charge is 0.197 e. The van der Waals surface area contributed by atoms with Crippen LogP contribution in [0.15, 0.2) is 71.1 Å². The summed E-state index contributed by atoms with van der Waals surface area (Å²) >= 11 is 10.1. The molecule has 0 atom stereocenters. The van der Waals surface area contributed by atoms with Crippen LogP contribution in [0.5, 0.6) is 5.75 Å². The number of para-hydroxylation sites is 1. The molecular weight excluding hydrogens is 674 g/mol. The van der Waals surface area contributed by atoms with Crippen molar-refractivity contribution in [3.05, 3.63) is 96.3 Å². The molecule has 0 bridgehead atoms. The third-order valence-electron chi connectivity index (χ3n) is 5.18. The highest BCUT2D eigenvalue weighted by molar-refractivity contribution is 14.1. The van der Waals surface area contributed by atoms with Crippen LogP contribution in [-0.4, -0.2) is 18.3 Å². The third-order valence-corrected chi connectivity index (χ3v) is 6.93. The van der Waals surface area contributed by atoms with Crippen molar-refractivity contribution in [1.29, 1.82) is 0 Å². The van der Waals surface area contributed by atoms with E-state index in [1.165, 1.54) is 5.56 Å². The highest BCUT2D eigenvalue weighted by Gasteiger charge is 2.23. The van der Waals surface area contributed by atoms with Gasteiger partial charge in [-0.25, -0.2) is 0 Å². The number of benzene rings is 3. The maximum absolute atomic E-state index is 13.4. The van der Waals surface area contributed by atoms with Gasteiger partial charge in [0.1, 0.15) is 23.7 Å². The Morgan fingerprint density at radius 3 is 2.24 bits per heavy atom. The summed E-state index contributed by atoms with van der Waals surface area (Å²) < 4.78 is 13.5. The largest absolute Gasteiger partial charge is 0.490 e. The number of ketones is 1. The number of unbranched alkanes of at least 4 members (excludes halogenated alkanes) is 1. The maximum Gasteiger partial charge on any atom is 0.197 e. The molecule has 0 aliphatic rings. The molecule has 3 nitrogen and oxygen atoms in total. The van der Waals surface area contributed by atoms with Gasteiger partial charge in [-0.05, 0) is 76.7 Å². The molecule has 0 aliphatic heterocycles. The summed E-state index contributed by atoms with van der Waals surface area (Å²) in [5.74, 6) is 1.97. The van der Waals surface area contributed by atoms with E-state index in [1.807, 2.05) is 54.6 Å². The lowest BCUT2D eigenvalue weighted by Crippen LogP contribution is -2.07. The van der Waals surface area contributed by atoms with Crippen LogP contribution >= 0.6 is 56.8 Å². The van der Waals surface area contributed by atoms with Crippen LogP contribution < -0.4 is 4.74 Å². The molecule has 3 aromatic carbocycles. The summed E-state index contributed by atoms with van der Waals surface area (Å²) in [5.41, 5.74) is 3.41. The minimum absolute atomic E-state index is 0.00854. The summed E-state index contributed by atoms with van der Waals surface area (Å²) in [6.07, 6.45) is 2.80. The molecule has 4 rings (SSSR count). The van der Waals surface area contributed by atoms with Gasteiger partial charge in [0.15, 0.2) is 5.78 Å². The van der Waals surface area contributed by atoms with E-state index in [0.717, 1.165) is 48.9 Å². The number of hydrogen-bond acceptors (Lipinski definition) is 3. The first-order valence-electron chi connectivity index (χ1n) is 11.2. The van der Waals surface area contributed by atoms with Crippen LogP contribution in [0.25, 0.3) is 11.0 Å². The predicted molar refractivity (Wildman–Crippen MR) is 158 cm³/mol. The topological polar surface area (TPSA) is 39.4 Å². The van der Waals surface area contributed by atoms with Gasteiger partial charge < -0.3 is 9.15 Å². The van der Waals surface area contributed by atoms with Crippen molar-refractivity contribution in [2.45, 2.75) is 33.1 Å². The van der Waals surface area contributed by atoms with Crippen molar-refractivity contribution in [1.82, 2.24) is 0 Å². The zero-order valence-electron chi connectivity index (χ0n) is 19.2. The standard InChI is InChI=1S/C21H19ClI2O3.C7H8/c1-2-3-7-18-19(14-6-4-5-8-17(14)27-18)20(25)13-11-15(23)21(16(24)12-13)26-10-9-22;1-7-5-3-2-4-6-7/h4-6,8,11-12H,2-3,7,9-10H2,1H3;2-6H,1H3. The number of fused-ring (bicyclic) bond motifs is 1. The fourth-order valence-electron chi connectivity index (χ4n) is 3.51. The molecule has 34 heavy (non-hydrogen) atoms. The zero-order chi connectivity index (χ0) is 24.5. The van der Waals surface area contributed by atoms with Crippen LogP contribution in [0.1, 0.15) is 47.0 Å². The fraction of sp³-hybridized carbons (Fsp3) is 0.250. The molecule has 0 unspecified atom stereocenters. The number of aryl methyl sites for hydroxylation is 2. The van der Waals surface area contributed by atoms with Gasteiger partial charge in [-0.1, -0.05) is 67.4 Å². The van der Waals surface area contributed by atoms with Crippen molar-refractivity contribution in [2.75, 3.05) is 12.5 Å². The van der Waals surface area contributed by atoms with Crippen LogP contribution in [0, 0.1) is 14.1 Å². The summed E-state index contributed by atoms with van der Waals surface area (Å²) in [5, 5.41) is 0.876. The molecule has 0 N–H and O–H groups in total. The van der Waals surface area contributed by atoms with Gasteiger partial charge in [0.25, 0.3) is 0 Å². The van der Waals surface area contributed by atoms with Crippen molar-refractivity contribution >= 4 is 73.5 Å². The Morgan fingerprint density at radius 1 is 1.00 bits per heavy atom. The van der Waals surface area contributed by atoms with Gasteiger partial charge in [-0.15, -0.1) is 11.6 Å². The average Bonchev–Trinajstić information content (AvgIpc) is 3.21. The highest BCUT2D eigenvalue weighted by atomic mass is 127. The number of halogens is 3. The Hall–Kier alpha value is -1.58. The van der Waals surface area contributed by atoms with Gasteiger partial charge in [-0.2, -0.15) is 0 Å². The summed E-state index contributed by atoms with van der Waals surface area (Å²) in [6.45, 7) is 4.66. The van der Waals surface area contributed by atoms with Crippen LogP contribution in [0.4, 0.5) is 0 Å². The van der Waals surface area contributed by atoms with Gasteiger partial charge in [0, 0.05) is 17.4 Å². The van der Waals surface area contributed by atoms with E-state index < -0.39 is 0 Å². The first kappa shape index (κ1) is 27.0. The Labute approximate surface area is 233 Å². The summed E-state index contributed by atoms with van der Waals surface area (Å²) in [7, 11) is 0. The summed E-state index contributed by atoms with van der Waals surface area (Å²) in [4.78, 5) is 13.4. The van der Waals surface area contributed by atoms with E-state index >= 15 is 0 Å². The van der Waals surface area contributed by atoms with E-state index in [1.54, 1.807) is 0 Å². The fourth-order valence-corrected chi connectivity index (χ4v) is 5.66.